The number of rotatable bonds is 4. The number of benzene rings is 2. The standard InChI is InChI=1S/C23H25N3O4S/c1-31(28,29)17-10-11-21(30-16-6-2-3-7-16)18(14-17)23(27)25-12-13-26-20-9-5-4-8-19(20)24-22(26)15-25/h4-5,8-11,14,16H,2-3,6-7,12-13,15H2,1H3. The minimum atomic E-state index is -3.44. The van der Waals surface area contributed by atoms with Gasteiger partial charge in [0.2, 0.25) is 0 Å². The Morgan fingerprint density at radius 1 is 1.10 bits per heavy atom. The predicted molar refractivity (Wildman–Crippen MR) is 117 cm³/mol. The van der Waals surface area contributed by atoms with Crippen LogP contribution in [-0.2, 0) is 22.9 Å². The smallest absolute Gasteiger partial charge is 0.258 e. The minimum absolute atomic E-state index is 0.0705. The van der Waals surface area contributed by atoms with Crippen molar-refractivity contribution in [2.45, 2.75) is 49.8 Å². The quantitative estimate of drug-likeness (QED) is 0.622. The minimum Gasteiger partial charge on any atom is -0.490 e. The highest BCUT2D eigenvalue weighted by molar-refractivity contribution is 7.90. The average Bonchev–Trinajstić information content (AvgIpc) is 3.39. The molecule has 5 rings (SSSR count). The number of fused-ring (bicyclic) bond motifs is 3. The normalized spacial score (nSPS) is 17.1. The molecule has 2 heterocycles. The maximum absolute atomic E-state index is 13.5. The first-order valence-electron chi connectivity index (χ1n) is 10.6. The largest absolute Gasteiger partial charge is 0.490 e. The average molecular weight is 440 g/mol. The fourth-order valence-electron chi connectivity index (χ4n) is 4.51. The summed E-state index contributed by atoms with van der Waals surface area (Å²) < 4.78 is 32.5. The van der Waals surface area contributed by atoms with Gasteiger partial charge in [0.1, 0.15) is 11.6 Å². The Kier molecular flexibility index (Phi) is 4.97. The Bertz CT molecular complexity index is 1260. The van der Waals surface area contributed by atoms with Crippen molar-refractivity contribution >= 4 is 26.8 Å². The molecule has 31 heavy (non-hydrogen) atoms. The first-order valence-corrected chi connectivity index (χ1v) is 12.5. The third kappa shape index (κ3) is 3.80. The summed E-state index contributed by atoms with van der Waals surface area (Å²) in [5, 5.41) is 0. The summed E-state index contributed by atoms with van der Waals surface area (Å²) in [6.07, 6.45) is 5.35. The number of para-hydroxylation sites is 2. The molecule has 7 nitrogen and oxygen atoms in total. The Labute approximate surface area is 181 Å². The van der Waals surface area contributed by atoms with Crippen LogP contribution in [0.25, 0.3) is 11.0 Å². The van der Waals surface area contributed by atoms with Gasteiger partial charge in [0, 0.05) is 19.3 Å². The Balaban J connectivity index is 1.48. The Hall–Kier alpha value is -2.87. The second kappa shape index (κ2) is 7.67. The first-order chi connectivity index (χ1) is 14.9. The zero-order chi connectivity index (χ0) is 21.6. The molecule has 0 N–H and O–H groups in total. The third-order valence-corrected chi connectivity index (χ3v) is 7.26. The lowest BCUT2D eigenvalue weighted by Crippen LogP contribution is -2.38. The van der Waals surface area contributed by atoms with E-state index in [-0.39, 0.29) is 16.9 Å². The molecule has 1 aliphatic heterocycles. The van der Waals surface area contributed by atoms with Gasteiger partial charge in [-0.1, -0.05) is 12.1 Å². The summed E-state index contributed by atoms with van der Waals surface area (Å²) in [5.41, 5.74) is 2.28. The Morgan fingerprint density at radius 3 is 2.65 bits per heavy atom. The second-order valence-corrected chi connectivity index (χ2v) is 10.4. The Morgan fingerprint density at radius 2 is 1.87 bits per heavy atom. The molecule has 1 saturated carbocycles. The number of nitrogens with zero attached hydrogens (tertiary/aromatic N) is 3. The number of aromatic nitrogens is 2. The van der Waals surface area contributed by atoms with Gasteiger partial charge in [-0.25, -0.2) is 13.4 Å². The van der Waals surface area contributed by atoms with Crippen molar-refractivity contribution in [3.05, 3.63) is 53.9 Å². The molecule has 2 aliphatic rings. The summed E-state index contributed by atoms with van der Waals surface area (Å²) in [6, 6.07) is 12.5. The highest BCUT2D eigenvalue weighted by Gasteiger charge is 2.28. The molecule has 0 atom stereocenters. The molecule has 162 valence electrons. The van der Waals surface area contributed by atoms with Crippen LogP contribution in [0.1, 0.15) is 41.9 Å². The number of hydrogen-bond donors (Lipinski definition) is 0. The topological polar surface area (TPSA) is 81.5 Å². The number of sulfone groups is 1. The van der Waals surface area contributed by atoms with Gasteiger partial charge < -0.3 is 14.2 Å². The van der Waals surface area contributed by atoms with Gasteiger partial charge in [0.05, 0.1) is 34.1 Å². The van der Waals surface area contributed by atoms with Crippen LogP contribution in [0.2, 0.25) is 0 Å². The van der Waals surface area contributed by atoms with Gasteiger partial charge in [-0.05, 0) is 56.0 Å². The van der Waals surface area contributed by atoms with E-state index in [1.165, 1.54) is 12.1 Å². The number of ether oxygens (including phenoxy) is 1. The molecule has 0 unspecified atom stereocenters. The number of carbonyl (C=O) groups excluding carboxylic acids is 1. The van der Waals surface area contributed by atoms with Gasteiger partial charge in [0.25, 0.3) is 5.91 Å². The molecule has 3 aromatic rings. The molecule has 1 aromatic heterocycles. The molecular formula is C23H25N3O4S. The van der Waals surface area contributed by atoms with E-state index in [4.69, 9.17) is 4.74 Å². The van der Waals surface area contributed by atoms with E-state index >= 15 is 0 Å². The molecule has 0 saturated heterocycles. The monoisotopic (exact) mass is 439 g/mol. The fourth-order valence-corrected chi connectivity index (χ4v) is 5.15. The summed E-state index contributed by atoms with van der Waals surface area (Å²) in [5.74, 6) is 1.07. The van der Waals surface area contributed by atoms with Gasteiger partial charge in [-0.2, -0.15) is 0 Å². The van der Waals surface area contributed by atoms with Crippen molar-refractivity contribution < 1.29 is 17.9 Å². The van der Waals surface area contributed by atoms with E-state index in [1.807, 2.05) is 24.3 Å². The zero-order valence-corrected chi connectivity index (χ0v) is 18.3. The van der Waals surface area contributed by atoms with Crippen molar-refractivity contribution in [2.75, 3.05) is 12.8 Å². The van der Waals surface area contributed by atoms with E-state index in [2.05, 4.69) is 9.55 Å². The SMILES string of the molecule is CS(=O)(=O)c1ccc(OC2CCCC2)c(C(=O)N2CCn3c(nc4ccccc43)C2)c1. The maximum atomic E-state index is 13.5. The summed E-state index contributed by atoms with van der Waals surface area (Å²) in [4.78, 5) is 20.0. The molecule has 8 heteroatoms. The summed E-state index contributed by atoms with van der Waals surface area (Å²) in [7, 11) is -3.44. The van der Waals surface area contributed by atoms with E-state index < -0.39 is 9.84 Å². The maximum Gasteiger partial charge on any atom is 0.258 e. The second-order valence-electron chi connectivity index (χ2n) is 8.35. The van der Waals surface area contributed by atoms with Crippen molar-refractivity contribution in [1.82, 2.24) is 14.5 Å². The highest BCUT2D eigenvalue weighted by atomic mass is 32.2. The lowest BCUT2D eigenvalue weighted by atomic mass is 10.1. The highest BCUT2D eigenvalue weighted by Crippen LogP contribution is 2.30. The van der Waals surface area contributed by atoms with E-state index in [9.17, 15) is 13.2 Å². The van der Waals surface area contributed by atoms with Crippen LogP contribution >= 0.6 is 0 Å². The van der Waals surface area contributed by atoms with Crippen molar-refractivity contribution in [2.24, 2.45) is 0 Å². The first kappa shape index (κ1) is 20.1. The van der Waals surface area contributed by atoms with Crippen LogP contribution in [0.15, 0.2) is 47.4 Å². The van der Waals surface area contributed by atoms with Crippen LogP contribution in [0.5, 0.6) is 5.75 Å². The van der Waals surface area contributed by atoms with E-state index in [0.717, 1.165) is 48.8 Å². The molecule has 1 fully saturated rings. The molecule has 2 aromatic carbocycles. The van der Waals surface area contributed by atoms with Crippen LogP contribution < -0.4 is 4.74 Å². The number of hydrogen-bond acceptors (Lipinski definition) is 5. The number of carbonyl (C=O) groups is 1. The zero-order valence-electron chi connectivity index (χ0n) is 17.5. The molecule has 0 spiro atoms. The molecule has 1 aliphatic carbocycles. The molecule has 0 radical (unpaired) electrons. The van der Waals surface area contributed by atoms with Gasteiger partial charge in [-0.15, -0.1) is 0 Å². The van der Waals surface area contributed by atoms with E-state index in [0.29, 0.717) is 30.9 Å². The van der Waals surface area contributed by atoms with E-state index in [1.54, 1.807) is 11.0 Å². The van der Waals surface area contributed by atoms with Crippen LogP contribution in [0.4, 0.5) is 0 Å². The summed E-state index contributed by atoms with van der Waals surface area (Å²) >= 11 is 0. The molecule has 0 bridgehead atoms. The lowest BCUT2D eigenvalue weighted by molar-refractivity contribution is 0.0701. The van der Waals surface area contributed by atoms with Crippen molar-refractivity contribution in [3.63, 3.8) is 0 Å². The van der Waals surface area contributed by atoms with Gasteiger partial charge >= 0.3 is 0 Å². The van der Waals surface area contributed by atoms with Crippen LogP contribution in [0, 0.1) is 0 Å². The van der Waals surface area contributed by atoms with Gasteiger partial charge in [0.15, 0.2) is 9.84 Å². The lowest BCUT2D eigenvalue weighted by Gasteiger charge is -2.29. The molecule has 1 amide bonds. The van der Waals surface area contributed by atoms with Crippen molar-refractivity contribution in [1.29, 1.82) is 0 Å². The van der Waals surface area contributed by atoms with Crippen LogP contribution in [0.3, 0.4) is 0 Å². The molecular weight excluding hydrogens is 414 g/mol. The third-order valence-electron chi connectivity index (χ3n) is 6.15. The summed E-state index contributed by atoms with van der Waals surface area (Å²) in [6.45, 7) is 1.55. The predicted octanol–water partition coefficient (Wildman–Crippen LogP) is 3.42. The number of amides is 1. The number of imidazole rings is 1. The van der Waals surface area contributed by atoms with Gasteiger partial charge in [-0.3, -0.25) is 4.79 Å². The fraction of sp³-hybridized carbons (Fsp3) is 0.391. The van der Waals surface area contributed by atoms with Crippen LogP contribution in [-0.4, -0.2) is 47.7 Å². The van der Waals surface area contributed by atoms with Crippen molar-refractivity contribution in [3.8, 4) is 5.75 Å².